The summed E-state index contributed by atoms with van der Waals surface area (Å²) in [5.74, 6) is 2.14. The van der Waals surface area contributed by atoms with Gasteiger partial charge in [-0.05, 0) is 43.0 Å². The molecule has 0 bridgehead atoms. The third-order valence-corrected chi connectivity index (χ3v) is 4.51. The van der Waals surface area contributed by atoms with Gasteiger partial charge >= 0.3 is 0 Å². The van der Waals surface area contributed by atoms with Crippen molar-refractivity contribution in [1.82, 2.24) is 9.55 Å². The Kier molecular flexibility index (Phi) is 2.60. The number of ether oxygens (including phenoxy) is 1. The second-order valence-corrected chi connectivity index (χ2v) is 5.76. The molecule has 4 nitrogen and oxygen atoms in total. The molecule has 1 aromatic heterocycles. The SMILES string of the molecule is COc1ccc2c(c1)CCc1c-2nc2n1CC(N)CC2. The fourth-order valence-electron chi connectivity index (χ4n) is 3.44. The number of benzene rings is 1. The van der Waals surface area contributed by atoms with Gasteiger partial charge in [0.05, 0.1) is 12.8 Å². The second-order valence-electron chi connectivity index (χ2n) is 5.76. The Bertz CT molecular complexity index is 675. The molecule has 0 amide bonds. The summed E-state index contributed by atoms with van der Waals surface area (Å²) >= 11 is 0. The number of fused-ring (bicyclic) bond motifs is 5. The first-order valence-corrected chi connectivity index (χ1v) is 7.27. The fraction of sp³-hybridized carbons (Fsp3) is 0.438. The Hall–Kier alpha value is -1.81. The van der Waals surface area contributed by atoms with Crippen LogP contribution in [0.4, 0.5) is 0 Å². The lowest BCUT2D eigenvalue weighted by molar-refractivity contribution is 0.414. The second kappa shape index (κ2) is 4.35. The summed E-state index contributed by atoms with van der Waals surface area (Å²) in [4.78, 5) is 4.89. The van der Waals surface area contributed by atoms with Crippen LogP contribution in [0.25, 0.3) is 11.3 Å². The maximum atomic E-state index is 6.11. The van der Waals surface area contributed by atoms with E-state index in [0.717, 1.165) is 43.7 Å². The summed E-state index contributed by atoms with van der Waals surface area (Å²) in [6, 6.07) is 6.59. The number of nitrogens with two attached hydrogens (primary N) is 1. The summed E-state index contributed by atoms with van der Waals surface area (Å²) < 4.78 is 7.68. The van der Waals surface area contributed by atoms with Crippen LogP contribution in [0.3, 0.4) is 0 Å². The van der Waals surface area contributed by atoms with Gasteiger partial charge in [-0.2, -0.15) is 0 Å². The van der Waals surface area contributed by atoms with Gasteiger partial charge in [0.15, 0.2) is 0 Å². The lowest BCUT2D eigenvalue weighted by Gasteiger charge is -2.23. The molecule has 0 radical (unpaired) electrons. The third kappa shape index (κ3) is 1.68. The quantitative estimate of drug-likeness (QED) is 0.860. The number of hydrogen-bond acceptors (Lipinski definition) is 3. The van der Waals surface area contributed by atoms with Crippen molar-refractivity contribution in [3.8, 4) is 17.0 Å². The van der Waals surface area contributed by atoms with Crippen molar-refractivity contribution in [2.24, 2.45) is 5.73 Å². The van der Waals surface area contributed by atoms with Gasteiger partial charge in [-0.3, -0.25) is 0 Å². The van der Waals surface area contributed by atoms with Crippen LogP contribution in [-0.4, -0.2) is 22.7 Å². The van der Waals surface area contributed by atoms with Gasteiger partial charge in [0.1, 0.15) is 11.6 Å². The molecule has 1 atom stereocenters. The van der Waals surface area contributed by atoms with Gasteiger partial charge in [-0.15, -0.1) is 0 Å². The summed E-state index contributed by atoms with van der Waals surface area (Å²) in [7, 11) is 1.71. The predicted molar refractivity (Wildman–Crippen MR) is 77.9 cm³/mol. The molecule has 2 aromatic rings. The predicted octanol–water partition coefficient (Wildman–Crippen LogP) is 1.93. The molecular weight excluding hydrogens is 250 g/mol. The van der Waals surface area contributed by atoms with E-state index in [-0.39, 0.29) is 6.04 Å². The molecule has 0 spiro atoms. The van der Waals surface area contributed by atoms with E-state index in [4.69, 9.17) is 15.5 Å². The van der Waals surface area contributed by atoms with Crippen LogP contribution in [0, 0.1) is 0 Å². The van der Waals surface area contributed by atoms with E-state index in [1.807, 2.05) is 6.07 Å². The van der Waals surface area contributed by atoms with Crippen molar-refractivity contribution in [2.75, 3.05) is 7.11 Å². The van der Waals surface area contributed by atoms with Crippen LogP contribution in [-0.2, 0) is 25.8 Å². The van der Waals surface area contributed by atoms with Gasteiger partial charge in [-0.25, -0.2) is 4.98 Å². The van der Waals surface area contributed by atoms with Gasteiger partial charge in [0.2, 0.25) is 0 Å². The highest BCUT2D eigenvalue weighted by molar-refractivity contribution is 5.70. The number of aryl methyl sites for hydroxylation is 2. The summed E-state index contributed by atoms with van der Waals surface area (Å²) in [5.41, 5.74) is 11.3. The van der Waals surface area contributed by atoms with Gasteiger partial charge < -0.3 is 15.0 Å². The average molecular weight is 269 g/mol. The van der Waals surface area contributed by atoms with E-state index in [9.17, 15) is 0 Å². The maximum Gasteiger partial charge on any atom is 0.119 e. The lowest BCUT2D eigenvalue weighted by atomic mass is 9.92. The van der Waals surface area contributed by atoms with Gasteiger partial charge in [0.25, 0.3) is 0 Å². The van der Waals surface area contributed by atoms with E-state index in [1.54, 1.807) is 7.11 Å². The van der Waals surface area contributed by atoms with Gasteiger partial charge in [-0.1, -0.05) is 0 Å². The van der Waals surface area contributed by atoms with Crippen LogP contribution >= 0.6 is 0 Å². The van der Waals surface area contributed by atoms with E-state index in [1.165, 1.54) is 22.6 Å². The van der Waals surface area contributed by atoms with Crippen LogP contribution in [0.1, 0.15) is 23.5 Å². The molecule has 2 N–H and O–H groups in total. The third-order valence-electron chi connectivity index (χ3n) is 4.51. The van der Waals surface area contributed by atoms with Crippen molar-refractivity contribution in [2.45, 2.75) is 38.3 Å². The van der Waals surface area contributed by atoms with E-state index in [0.29, 0.717) is 0 Å². The standard InChI is InChI=1S/C16H19N3O/c1-20-12-4-5-13-10(8-12)2-6-14-16(13)18-15-7-3-11(17)9-19(14)15/h4-5,8,11H,2-3,6-7,9,17H2,1H3. The Balaban J connectivity index is 1.85. The number of imidazole rings is 1. The van der Waals surface area contributed by atoms with Crippen molar-refractivity contribution >= 4 is 0 Å². The van der Waals surface area contributed by atoms with Crippen LogP contribution in [0.2, 0.25) is 0 Å². The molecule has 4 rings (SSSR count). The zero-order chi connectivity index (χ0) is 13.7. The molecule has 1 unspecified atom stereocenters. The monoisotopic (exact) mass is 269 g/mol. The molecule has 1 aromatic carbocycles. The highest BCUT2D eigenvalue weighted by Crippen LogP contribution is 2.36. The first-order valence-electron chi connectivity index (χ1n) is 7.27. The molecule has 1 aliphatic carbocycles. The maximum absolute atomic E-state index is 6.11. The number of aromatic nitrogens is 2. The zero-order valence-electron chi connectivity index (χ0n) is 11.7. The molecule has 0 fully saturated rings. The Labute approximate surface area is 118 Å². The van der Waals surface area contributed by atoms with E-state index >= 15 is 0 Å². The van der Waals surface area contributed by atoms with Crippen molar-refractivity contribution in [3.05, 3.63) is 35.3 Å². The topological polar surface area (TPSA) is 53.1 Å². The molecule has 0 saturated carbocycles. The Morgan fingerprint density at radius 2 is 2.20 bits per heavy atom. The largest absolute Gasteiger partial charge is 0.497 e. The number of hydrogen-bond donors (Lipinski definition) is 1. The normalized spacial score (nSPS) is 20.0. The minimum absolute atomic E-state index is 0.276. The zero-order valence-corrected chi connectivity index (χ0v) is 11.7. The first-order chi connectivity index (χ1) is 9.76. The molecule has 2 heterocycles. The van der Waals surface area contributed by atoms with Gasteiger partial charge in [0, 0.05) is 30.3 Å². The molecular formula is C16H19N3O. The molecule has 1 aliphatic heterocycles. The number of nitrogens with zero attached hydrogens (tertiary/aromatic N) is 2. The summed E-state index contributed by atoms with van der Waals surface area (Å²) in [6.45, 7) is 0.920. The Morgan fingerprint density at radius 1 is 1.30 bits per heavy atom. The highest BCUT2D eigenvalue weighted by atomic mass is 16.5. The average Bonchev–Trinajstić information content (AvgIpc) is 2.84. The molecule has 2 aliphatic rings. The minimum atomic E-state index is 0.276. The van der Waals surface area contributed by atoms with Crippen molar-refractivity contribution < 1.29 is 4.74 Å². The molecule has 0 saturated heterocycles. The minimum Gasteiger partial charge on any atom is -0.497 e. The summed E-state index contributed by atoms with van der Waals surface area (Å²) in [5, 5.41) is 0. The smallest absolute Gasteiger partial charge is 0.119 e. The van der Waals surface area contributed by atoms with Crippen molar-refractivity contribution in [3.63, 3.8) is 0 Å². The number of methoxy groups -OCH3 is 1. The van der Waals surface area contributed by atoms with Crippen molar-refractivity contribution in [1.29, 1.82) is 0 Å². The number of rotatable bonds is 1. The van der Waals surface area contributed by atoms with E-state index in [2.05, 4.69) is 16.7 Å². The fourth-order valence-corrected chi connectivity index (χ4v) is 3.44. The van der Waals surface area contributed by atoms with Crippen LogP contribution in [0.15, 0.2) is 18.2 Å². The van der Waals surface area contributed by atoms with Crippen LogP contribution in [0.5, 0.6) is 5.75 Å². The van der Waals surface area contributed by atoms with E-state index < -0.39 is 0 Å². The summed E-state index contributed by atoms with van der Waals surface area (Å²) in [6.07, 6.45) is 4.15. The highest BCUT2D eigenvalue weighted by Gasteiger charge is 2.27. The molecule has 4 heteroatoms. The van der Waals surface area contributed by atoms with Crippen LogP contribution < -0.4 is 10.5 Å². The molecule has 20 heavy (non-hydrogen) atoms. The molecule has 104 valence electrons. The Morgan fingerprint density at radius 3 is 3.05 bits per heavy atom. The first kappa shape index (κ1) is 12.0. The lowest BCUT2D eigenvalue weighted by Crippen LogP contribution is -2.32.